The third-order valence-electron chi connectivity index (χ3n) is 4.52. The number of esters is 1. The summed E-state index contributed by atoms with van der Waals surface area (Å²) >= 11 is 0. The van der Waals surface area contributed by atoms with Crippen LogP contribution in [0.3, 0.4) is 0 Å². The van der Waals surface area contributed by atoms with Crippen molar-refractivity contribution in [1.82, 2.24) is 0 Å². The fourth-order valence-electron chi connectivity index (χ4n) is 3.00. The zero-order valence-electron chi connectivity index (χ0n) is 15.5. The number of carbonyl (C=O) groups is 1. The Bertz CT molecular complexity index is 885. The van der Waals surface area contributed by atoms with E-state index >= 15 is 0 Å². The fraction of sp³-hybridized carbons (Fsp3) is 0.333. The van der Waals surface area contributed by atoms with Crippen LogP contribution in [-0.2, 0) is 9.53 Å². The summed E-state index contributed by atoms with van der Waals surface area (Å²) < 4.78 is 19.6. The highest BCUT2D eigenvalue weighted by molar-refractivity contribution is 5.76. The van der Waals surface area contributed by atoms with Crippen molar-refractivity contribution < 1.29 is 13.9 Å². The van der Waals surface area contributed by atoms with Crippen LogP contribution in [0.5, 0.6) is 0 Å². The highest BCUT2D eigenvalue weighted by Crippen LogP contribution is 2.33. The normalized spacial score (nSPS) is 11.7. The van der Waals surface area contributed by atoms with Gasteiger partial charge in [0.2, 0.25) is 0 Å². The van der Waals surface area contributed by atoms with Crippen LogP contribution in [0.1, 0.15) is 47.2 Å². The van der Waals surface area contributed by atoms with Gasteiger partial charge in [-0.05, 0) is 68.1 Å². The minimum Gasteiger partial charge on any atom is -0.466 e. The van der Waals surface area contributed by atoms with Crippen LogP contribution in [0, 0.1) is 37.9 Å². The molecule has 2 rings (SSSR count). The molecule has 2 N–H and O–H groups in total. The molecule has 1 atom stereocenters. The standard InChI is InChI=1S/C21H23FN2O2/c1-5-26-19(25)10-18(24)17-9-16(8-13(3)21(17)22)20-14(4)12(2)6-7-15(20)11-23/h6-9,18H,5,10,24H2,1-4H3/t18-/m0/s1. The van der Waals surface area contributed by atoms with Gasteiger partial charge in [0.1, 0.15) is 5.82 Å². The summed E-state index contributed by atoms with van der Waals surface area (Å²) in [4.78, 5) is 11.7. The molecule has 0 radical (unpaired) electrons. The molecule has 0 aliphatic carbocycles. The molecule has 0 spiro atoms. The topological polar surface area (TPSA) is 76.1 Å². The summed E-state index contributed by atoms with van der Waals surface area (Å²) in [5.74, 6) is -0.902. The van der Waals surface area contributed by atoms with Gasteiger partial charge in [0.05, 0.1) is 24.7 Å². The van der Waals surface area contributed by atoms with E-state index in [-0.39, 0.29) is 18.6 Å². The molecule has 4 nitrogen and oxygen atoms in total. The third kappa shape index (κ3) is 3.92. The van der Waals surface area contributed by atoms with Crippen molar-refractivity contribution in [3.8, 4) is 17.2 Å². The predicted molar refractivity (Wildman–Crippen MR) is 98.9 cm³/mol. The lowest BCUT2D eigenvalue weighted by molar-refractivity contribution is -0.143. The number of nitriles is 1. The number of rotatable bonds is 5. The molecular formula is C21H23FN2O2. The lowest BCUT2D eigenvalue weighted by Crippen LogP contribution is -2.19. The average molecular weight is 354 g/mol. The first-order valence-electron chi connectivity index (χ1n) is 8.52. The molecule has 0 bridgehead atoms. The number of ether oxygens (including phenoxy) is 1. The quantitative estimate of drug-likeness (QED) is 0.815. The molecule has 2 aromatic carbocycles. The maximum Gasteiger partial charge on any atom is 0.307 e. The molecule has 0 aliphatic rings. The molecule has 0 heterocycles. The van der Waals surface area contributed by atoms with Gasteiger partial charge in [-0.1, -0.05) is 6.07 Å². The van der Waals surface area contributed by atoms with Gasteiger partial charge in [-0.25, -0.2) is 4.39 Å². The van der Waals surface area contributed by atoms with E-state index in [1.54, 1.807) is 32.0 Å². The van der Waals surface area contributed by atoms with Crippen molar-refractivity contribution in [2.45, 2.75) is 40.2 Å². The minimum absolute atomic E-state index is 0.106. The van der Waals surface area contributed by atoms with Gasteiger partial charge in [-0.15, -0.1) is 0 Å². The molecule has 0 aromatic heterocycles. The second-order valence-electron chi connectivity index (χ2n) is 6.35. The van der Waals surface area contributed by atoms with Crippen LogP contribution >= 0.6 is 0 Å². The lowest BCUT2D eigenvalue weighted by Gasteiger charge is -2.18. The maximum atomic E-state index is 14.6. The van der Waals surface area contributed by atoms with E-state index in [0.29, 0.717) is 11.1 Å². The van der Waals surface area contributed by atoms with Crippen LogP contribution < -0.4 is 5.73 Å². The molecule has 0 aliphatic heterocycles. The molecule has 0 unspecified atom stereocenters. The van der Waals surface area contributed by atoms with Crippen LogP contribution in [0.25, 0.3) is 11.1 Å². The van der Waals surface area contributed by atoms with Crippen LogP contribution in [0.2, 0.25) is 0 Å². The number of hydrogen-bond donors (Lipinski definition) is 1. The molecule has 26 heavy (non-hydrogen) atoms. The lowest BCUT2D eigenvalue weighted by atomic mass is 9.89. The Balaban J connectivity index is 2.58. The second-order valence-corrected chi connectivity index (χ2v) is 6.35. The van der Waals surface area contributed by atoms with E-state index in [9.17, 15) is 14.4 Å². The summed E-state index contributed by atoms with van der Waals surface area (Å²) in [5, 5.41) is 9.47. The van der Waals surface area contributed by atoms with E-state index in [1.807, 2.05) is 19.9 Å². The van der Waals surface area contributed by atoms with Crippen molar-refractivity contribution in [2.24, 2.45) is 5.73 Å². The molecular weight excluding hydrogens is 331 g/mol. The van der Waals surface area contributed by atoms with E-state index in [0.717, 1.165) is 22.3 Å². The van der Waals surface area contributed by atoms with Crippen molar-refractivity contribution >= 4 is 5.97 Å². The molecule has 0 amide bonds. The van der Waals surface area contributed by atoms with Crippen molar-refractivity contribution in [3.05, 3.63) is 57.9 Å². The van der Waals surface area contributed by atoms with Gasteiger partial charge in [-0.3, -0.25) is 4.79 Å². The van der Waals surface area contributed by atoms with Gasteiger partial charge in [0.15, 0.2) is 0 Å². The van der Waals surface area contributed by atoms with Gasteiger partial charge < -0.3 is 10.5 Å². The maximum absolute atomic E-state index is 14.6. The molecule has 0 fully saturated rings. The predicted octanol–water partition coefficient (Wildman–Crippen LogP) is 4.24. The van der Waals surface area contributed by atoms with Gasteiger partial charge in [0.25, 0.3) is 0 Å². The van der Waals surface area contributed by atoms with Crippen molar-refractivity contribution in [1.29, 1.82) is 5.26 Å². The smallest absolute Gasteiger partial charge is 0.307 e. The Kier molecular flexibility index (Phi) is 6.12. The van der Waals surface area contributed by atoms with E-state index in [1.165, 1.54) is 0 Å². The number of benzene rings is 2. The summed E-state index contributed by atoms with van der Waals surface area (Å²) in [5.41, 5.74) is 10.7. The average Bonchev–Trinajstić information content (AvgIpc) is 2.59. The Hall–Kier alpha value is -2.71. The summed E-state index contributed by atoms with van der Waals surface area (Å²) in [6, 6.07) is 8.37. The number of aryl methyl sites for hydroxylation is 2. The molecule has 5 heteroatoms. The number of hydrogen-bond acceptors (Lipinski definition) is 4. The first-order valence-corrected chi connectivity index (χ1v) is 8.52. The molecule has 2 aromatic rings. The Morgan fingerprint density at radius 2 is 1.96 bits per heavy atom. The van der Waals surface area contributed by atoms with Gasteiger partial charge in [-0.2, -0.15) is 5.26 Å². The van der Waals surface area contributed by atoms with Crippen molar-refractivity contribution in [2.75, 3.05) is 6.61 Å². The largest absolute Gasteiger partial charge is 0.466 e. The van der Waals surface area contributed by atoms with E-state index < -0.39 is 17.8 Å². The number of nitrogens with zero attached hydrogens (tertiary/aromatic N) is 1. The van der Waals surface area contributed by atoms with Crippen molar-refractivity contribution in [3.63, 3.8) is 0 Å². The highest BCUT2D eigenvalue weighted by atomic mass is 19.1. The highest BCUT2D eigenvalue weighted by Gasteiger charge is 2.20. The third-order valence-corrected chi connectivity index (χ3v) is 4.52. The second kappa shape index (κ2) is 8.11. The van der Waals surface area contributed by atoms with E-state index in [4.69, 9.17) is 10.5 Å². The number of carbonyl (C=O) groups excluding carboxylic acids is 1. The van der Waals surface area contributed by atoms with Crippen LogP contribution in [0.4, 0.5) is 4.39 Å². The zero-order valence-corrected chi connectivity index (χ0v) is 15.5. The van der Waals surface area contributed by atoms with Gasteiger partial charge in [0, 0.05) is 17.2 Å². The molecule has 0 saturated carbocycles. The monoisotopic (exact) mass is 354 g/mol. The number of nitrogens with two attached hydrogens (primary N) is 1. The molecule has 136 valence electrons. The Morgan fingerprint density at radius 3 is 2.58 bits per heavy atom. The van der Waals surface area contributed by atoms with Gasteiger partial charge >= 0.3 is 5.97 Å². The van der Waals surface area contributed by atoms with E-state index in [2.05, 4.69) is 6.07 Å². The first-order chi connectivity index (χ1) is 12.3. The summed E-state index contributed by atoms with van der Waals surface area (Å²) in [6.07, 6.45) is -0.106. The Morgan fingerprint density at radius 1 is 1.27 bits per heavy atom. The fourth-order valence-corrected chi connectivity index (χ4v) is 3.00. The summed E-state index contributed by atoms with van der Waals surface area (Å²) in [7, 11) is 0. The van der Waals surface area contributed by atoms with Crippen LogP contribution in [0.15, 0.2) is 24.3 Å². The summed E-state index contributed by atoms with van der Waals surface area (Å²) in [6.45, 7) is 7.50. The number of halogens is 1. The Labute approximate surface area is 153 Å². The van der Waals surface area contributed by atoms with Crippen LogP contribution in [-0.4, -0.2) is 12.6 Å². The molecule has 0 saturated heterocycles. The minimum atomic E-state index is -0.816. The SMILES string of the molecule is CCOC(=O)C[C@H](N)c1cc(-c2c(C#N)ccc(C)c2C)cc(C)c1F. The first kappa shape index (κ1) is 19.6. The zero-order chi connectivity index (χ0) is 19.4.